The lowest BCUT2D eigenvalue weighted by Gasteiger charge is -2.24. The molecular formula is C24H20N4OS. The summed E-state index contributed by atoms with van der Waals surface area (Å²) in [5, 5.41) is 4.81. The van der Waals surface area contributed by atoms with Gasteiger partial charge in [0.15, 0.2) is 0 Å². The number of thioether (sulfide) groups is 1. The number of benzene rings is 2. The minimum Gasteiger partial charge on any atom is -0.321 e. The van der Waals surface area contributed by atoms with E-state index in [9.17, 15) is 4.79 Å². The van der Waals surface area contributed by atoms with Gasteiger partial charge >= 0.3 is 0 Å². The molecule has 0 saturated carbocycles. The van der Waals surface area contributed by atoms with Crippen LogP contribution in [0.2, 0.25) is 0 Å². The van der Waals surface area contributed by atoms with E-state index in [1.165, 1.54) is 0 Å². The average Bonchev–Trinajstić information content (AvgIpc) is 3.40. The molecular weight excluding hydrogens is 392 g/mol. The van der Waals surface area contributed by atoms with Crippen LogP contribution in [0.5, 0.6) is 0 Å². The number of para-hydroxylation sites is 1. The summed E-state index contributed by atoms with van der Waals surface area (Å²) in [6, 6.07) is 24.1. The van der Waals surface area contributed by atoms with Crippen LogP contribution in [0.25, 0.3) is 16.9 Å². The fourth-order valence-electron chi connectivity index (χ4n) is 3.68. The molecule has 1 fully saturated rings. The van der Waals surface area contributed by atoms with E-state index in [4.69, 9.17) is 5.10 Å². The average molecular weight is 413 g/mol. The number of pyridine rings is 1. The maximum atomic E-state index is 12.8. The summed E-state index contributed by atoms with van der Waals surface area (Å²) in [5.41, 5.74) is 5.03. The first-order valence-electron chi connectivity index (χ1n) is 9.80. The van der Waals surface area contributed by atoms with Crippen molar-refractivity contribution in [2.45, 2.75) is 11.9 Å². The summed E-state index contributed by atoms with van der Waals surface area (Å²) < 4.78 is 1.90. The zero-order valence-electron chi connectivity index (χ0n) is 16.3. The maximum absolute atomic E-state index is 12.8. The molecule has 1 saturated heterocycles. The summed E-state index contributed by atoms with van der Waals surface area (Å²) in [7, 11) is 0. The molecule has 1 aliphatic heterocycles. The molecule has 0 bridgehead atoms. The lowest BCUT2D eigenvalue weighted by molar-refractivity contribution is -0.128. The Morgan fingerprint density at radius 3 is 2.37 bits per heavy atom. The van der Waals surface area contributed by atoms with E-state index in [0.29, 0.717) is 12.3 Å². The Morgan fingerprint density at radius 1 is 0.933 bits per heavy atom. The summed E-state index contributed by atoms with van der Waals surface area (Å²) in [5.74, 6) is 0.631. The highest BCUT2D eigenvalue weighted by molar-refractivity contribution is 8.00. The fourth-order valence-corrected chi connectivity index (χ4v) is 4.87. The summed E-state index contributed by atoms with van der Waals surface area (Å²) in [6.07, 6.45) is 5.60. The molecule has 0 spiro atoms. The van der Waals surface area contributed by atoms with Crippen molar-refractivity contribution < 1.29 is 4.79 Å². The van der Waals surface area contributed by atoms with E-state index >= 15 is 0 Å². The SMILES string of the molecule is O=C1CSC(c2cn(-c3ccccc3)nc2-c2ccncc2)N1Cc1ccccc1. The topological polar surface area (TPSA) is 51.0 Å². The van der Waals surface area contributed by atoms with Crippen LogP contribution in [0.15, 0.2) is 91.4 Å². The van der Waals surface area contributed by atoms with Crippen LogP contribution in [-0.2, 0) is 11.3 Å². The van der Waals surface area contributed by atoms with Crippen molar-refractivity contribution >= 4 is 17.7 Å². The molecule has 148 valence electrons. The molecule has 6 heteroatoms. The standard InChI is InChI=1S/C24H20N4OS/c29-22-17-30-24(27(22)15-18-7-3-1-4-8-18)21-16-28(20-9-5-2-6-10-20)26-23(21)19-11-13-25-14-12-19/h1-14,16,24H,15,17H2. The molecule has 5 nitrogen and oxygen atoms in total. The van der Waals surface area contributed by atoms with Gasteiger partial charge < -0.3 is 4.90 Å². The van der Waals surface area contributed by atoms with Gasteiger partial charge in [0.05, 0.1) is 17.1 Å². The maximum Gasteiger partial charge on any atom is 0.234 e. The monoisotopic (exact) mass is 412 g/mol. The van der Waals surface area contributed by atoms with E-state index in [1.54, 1.807) is 24.2 Å². The first-order valence-corrected chi connectivity index (χ1v) is 10.8. The minimum absolute atomic E-state index is 0.0849. The molecule has 1 atom stereocenters. The summed E-state index contributed by atoms with van der Waals surface area (Å²) in [6.45, 7) is 0.587. The van der Waals surface area contributed by atoms with Crippen LogP contribution >= 0.6 is 11.8 Å². The van der Waals surface area contributed by atoms with Crippen molar-refractivity contribution in [1.82, 2.24) is 19.7 Å². The molecule has 1 amide bonds. The molecule has 1 unspecified atom stereocenters. The van der Waals surface area contributed by atoms with Crippen molar-refractivity contribution in [3.05, 3.63) is 103 Å². The number of hydrogen-bond donors (Lipinski definition) is 0. The number of carbonyl (C=O) groups is 1. The second-order valence-electron chi connectivity index (χ2n) is 7.12. The second kappa shape index (κ2) is 8.16. The molecule has 2 aromatic carbocycles. The van der Waals surface area contributed by atoms with Crippen LogP contribution < -0.4 is 0 Å². The Labute approximate surface area is 179 Å². The molecule has 1 aliphatic rings. The van der Waals surface area contributed by atoms with Crippen molar-refractivity contribution in [3.8, 4) is 16.9 Å². The number of amides is 1. The molecule has 3 heterocycles. The van der Waals surface area contributed by atoms with Gasteiger partial charge in [-0.15, -0.1) is 11.8 Å². The largest absolute Gasteiger partial charge is 0.321 e. The van der Waals surface area contributed by atoms with Crippen LogP contribution in [-0.4, -0.2) is 31.3 Å². The molecule has 0 N–H and O–H groups in total. The summed E-state index contributed by atoms with van der Waals surface area (Å²) in [4.78, 5) is 18.9. The van der Waals surface area contributed by atoms with Gasteiger partial charge in [-0.05, 0) is 29.8 Å². The third-order valence-electron chi connectivity index (χ3n) is 5.15. The van der Waals surface area contributed by atoms with Gasteiger partial charge in [-0.2, -0.15) is 5.10 Å². The molecule has 4 aromatic rings. The minimum atomic E-state index is -0.0849. The molecule has 5 rings (SSSR count). The van der Waals surface area contributed by atoms with E-state index in [1.807, 2.05) is 70.2 Å². The Hall–Kier alpha value is -3.38. The van der Waals surface area contributed by atoms with E-state index < -0.39 is 0 Å². The quantitative estimate of drug-likeness (QED) is 0.476. The molecule has 30 heavy (non-hydrogen) atoms. The van der Waals surface area contributed by atoms with Gasteiger partial charge in [-0.3, -0.25) is 9.78 Å². The molecule has 0 aliphatic carbocycles. The van der Waals surface area contributed by atoms with Gasteiger partial charge in [-0.1, -0.05) is 48.5 Å². The van der Waals surface area contributed by atoms with Crippen LogP contribution in [0, 0.1) is 0 Å². The third kappa shape index (κ3) is 3.62. The van der Waals surface area contributed by atoms with Gasteiger partial charge in [0.25, 0.3) is 0 Å². The highest BCUT2D eigenvalue weighted by atomic mass is 32.2. The third-order valence-corrected chi connectivity index (χ3v) is 6.38. The van der Waals surface area contributed by atoms with Gasteiger partial charge in [0, 0.05) is 36.3 Å². The van der Waals surface area contributed by atoms with E-state index in [0.717, 1.165) is 28.1 Å². The van der Waals surface area contributed by atoms with E-state index in [2.05, 4.69) is 23.3 Å². The van der Waals surface area contributed by atoms with Crippen LogP contribution in [0.4, 0.5) is 0 Å². The number of rotatable bonds is 5. The zero-order chi connectivity index (χ0) is 20.3. The lowest BCUT2D eigenvalue weighted by Crippen LogP contribution is -2.27. The first-order chi connectivity index (χ1) is 14.8. The highest BCUT2D eigenvalue weighted by Gasteiger charge is 2.35. The number of hydrogen-bond acceptors (Lipinski definition) is 4. The fraction of sp³-hybridized carbons (Fsp3) is 0.125. The van der Waals surface area contributed by atoms with Crippen molar-refractivity contribution in [1.29, 1.82) is 0 Å². The van der Waals surface area contributed by atoms with Gasteiger partial charge in [0.2, 0.25) is 5.91 Å². The van der Waals surface area contributed by atoms with Crippen LogP contribution in [0.3, 0.4) is 0 Å². The number of nitrogens with zero attached hydrogens (tertiary/aromatic N) is 4. The van der Waals surface area contributed by atoms with Gasteiger partial charge in [0.1, 0.15) is 5.37 Å². The Bertz CT molecular complexity index is 1150. The Kier molecular flexibility index (Phi) is 5.07. The van der Waals surface area contributed by atoms with Crippen molar-refractivity contribution in [2.24, 2.45) is 0 Å². The normalized spacial score (nSPS) is 16.2. The lowest BCUT2D eigenvalue weighted by atomic mass is 10.1. The molecule has 2 aromatic heterocycles. The Morgan fingerprint density at radius 2 is 1.63 bits per heavy atom. The van der Waals surface area contributed by atoms with Crippen molar-refractivity contribution in [3.63, 3.8) is 0 Å². The van der Waals surface area contributed by atoms with Crippen molar-refractivity contribution in [2.75, 3.05) is 5.75 Å². The van der Waals surface area contributed by atoms with Crippen LogP contribution in [0.1, 0.15) is 16.5 Å². The second-order valence-corrected chi connectivity index (χ2v) is 8.19. The van der Waals surface area contributed by atoms with E-state index in [-0.39, 0.29) is 11.3 Å². The predicted octanol–water partition coefficient (Wildman–Crippen LogP) is 4.71. The zero-order valence-corrected chi connectivity index (χ0v) is 17.1. The molecule has 0 radical (unpaired) electrons. The Balaban J connectivity index is 1.58. The smallest absolute Gasteiger partial charge is 0.234 e. The number of aromatic nitrogens is 3. The summed E-state index contributed by atoms with van der Waals surface area (Å²) >= 11 is 1.66. The van der Waals surface area contributed by atoms with Gasteiger partial charge in [-0.25, -0.2) is 4.68 Å². The number of carbonyl (C=O) groups excluding carboxylic acids is 1. The first kappa shape index (κ1) is 18.6. The highest BCUT2D eigenvalue weighted by Crippen LogP contribution is 2.43. The predicted molar refractivity (Wildman–Crippen MR) is 119 cm³/mol.